The monoisotopic (exact) mass is 170 g/mol. The van der Waals surface area contributed by atoms with Gasteiger partial charge in [0.25, 0.3) is 0 Å². The zero-order valence-corrected chi connectivity index (χ0v) is 8.06. The maximum atomic E-state index is 13.2. The van der Waals surface area contributed by atoms with Crippen molar-refractivity contribution in [2.45, 2.75) is 39.9 Å². The quantitative estimate of drug-likeness (QED) is 0.665. The third-order valence-corrected chi connectivity index (χ3v) is 1.73. The van der Waals surface area contributed by atoms with Gasteiger partial charge < -0.3 is 0 Å². The van der Waals surface area contributed by atoms with Crippen molar-refractivity contribution in [1.82, 2.24) is 9.78 Å². The Morgan fingerprint density at radius 1 is 1.50 bits per heavy atom. The molecule has 0 bridgehead atoms. The van der Waals surface area contributed by atoms with Gasteiger partial charge in [0.05, 0.1) is 12.2 Å². The third kappa shape index (κ3) is 2.32. The van der Waals surface area contributed by atoms with Gasteiger partial charge in [-0.1, -0.05) is 0 Å². The van der Waals surface area contributed by atoms with E-state index in [4.69, 9.17) is 0 Å². The number of halogens is 1. The second-order valence-corrected chi connectivity index (χ2v) is 3.81. The topological polar surface area (TPSA) is 17.8 Å². The number of hydrogen-bond donors (Lipinski definition) is 0. The Bertz CT molecular complexity index is 251. The first-order valence-electron chi connectivity index (χ1n) is 4.08. The van der Waals surface area contributed by atoms with Crippen LogP contribution < -0.4 is 0 Å². The van der Waals surface area contributed by atoms with Crippen LogP contribution in [0.1, 0.15) is 25.1 Å². The summed E-state index contributed by atoms with van der Waals surface area (Å²) < 4.78 is 14.8. The Balaban J connectivity index is 2.77. The number of rotatable bonds is 2. The first kappa shape index (κ1) is 9.23. The highest BCUT2D eigenvalue weighted by molar-refractivity contribution is 5.12. The van der Waals surface area contributed by atoms with Crippen LogP contribution in [0.15, 0.2) is 6.20 Å². The molecule has 0 aromatic carbocycles. The lowest BCUT2D eigenvalue weighted by molar-refractivity contribution is 0.179. The molecule has 0 saturated carbocycles. The van der Waals surface area contributed by atoms with Crippen LogP contribution in [-0.2, 0) is 6.54 Å². The molecule has 0 spiro atoms. The zero-order chi connectivity index (χ0) is 9.35. The molecule has 0 N–H and O–H groups in total. The van der Waals surface area contributed by atoms with Gasteiger partial charge in [0.2, 0.25) is 0 Å². The summed E-state index contributed by atoms with van der Waals surface area (Å²) >= 11 is 0. The van der Waals surface area contributed by atoms with E-state index in [0.29, 0.717) is 6.54 Å². The van der Waals surface area contributed by atoms with Gasteiger partial charge in [-0.15, -0.1) is 0 Å². The van der Waals surface area contributed by atoms with Gasteiger partial charge >= 0.3 is 0 Å². The molecule has 2 nitrogen and oxygen atoms in total. The molecule has 0 atom stereocenters. The minimum Gasteiger partial charge on any atom is -0.269 e. The van der Waals surface area contributed by atoms with E-state index in [1.54, 1.807) is 18.5 Å². The molecule has 0 amide bonds. The van der Waals surface area contributed by atoms with Gasteiger partial charge in [-0.2, -0.15) is 5.10 Å². The van der Waals surface area contributed by atoms with Crippen LogP contribution in [0.5, 0.6) is 0 Å². The molecule has 12 heavy (non-hydrogen) atoms. The van der Waals surface area contributed by atoms with Crippen LogP contribution in [0.4, 0.5) is 4.39 Å². The van der Waals surface area contributed by atoms with Crippen LogP contribution >= 0.6 is 0 Å². The Morgan fingerprint density at radius 3 is 2.42 bits per heavy atom. The molecule has 1 aromatic heterocycles. The molecular weight excluding hydrogens is 155 g/mol. The van der Waals surface area contributed by atoms with Gasteiger partial charge in [0.1, 0.15) is 5.67 Å². The maximum Gasteiger partial charge on any atom is 0.124 e. The predicted molar refractivity (Wildman–Crippen MR) is 46.9 cm³/mol. The zero-order valence-electron chi connectivity index (χ0n) is 8.06. The molecule has 3 heteroatoms. The normalized spacial score (nSPS) is 12.1. The Hall–Kier alpha value is -0.860. The second kappa shape index (κ2) is 2.88. The molecule has 0 aliphatic heterocycles. The van der Waals surface area contributed by atoms with Crippen molar-refractivity contribution in [3.63, 3.8) is 0 Å². The molecule has 0 aliphatic rings. The molecule has 1 rings (SSSR count). The minimum absolute atomic E-state index is 0.321. The van der Waals surface area contributed by atoms with Crippen molar-refractivity contribution >= 4 is 0 Å². The van der Waals surface area contributed by atoms with Crippen molar-refractivity contribution in [2.75, 3.05) is 0 Å². The molecule has 1 heterocycles. The van der Waals surface area contributed by atoms with E-state index in [1.165, 1.54) is 0 Å². The molecular formula is C9H15FN2. The standard InChI is InChI=1S/C9H15FN2/c1-7-5-12(11-8(7)2)6-9(3,4)10/h5H,6H2,1-4H3. The number of alkyl halides is 1. The van der Waals surface area contributed by atoms with Crippen LogP contribution in [0.3, 0.4) is 0 Å². The van der Waals surface area contributed by atoms with Crippen LogP contribution in [0.25, 0.3) is 0 Å². The molecule has 68 valence electrons. The van der Waals surface area contributed by atoms with E-state index in [0.717, 1.165) is 11.3 Å². The number of aryl methyl sites for hydroxylation is 2. The number of nitrogens with zero attached hydrogens (tertiary/aromatic N) is 2. The van der Waals surface area contributed by atoms with Crippen LogP contribution in [0, 0.1) is 13.8 Å². The second-order valence-electron chi connectivity index (χ2n) is 3.81. The molecule has 0 aliphatic carbocycles. The number of hydrogen-bond acceptors (Lipinski definition) is 1. The summed E-state index contributed by atoms with van der Waals surface area (Å²) in [6, 6.07) is 0. The third-order valence-electron chi connectivity index (χ3n) is 1.73. The first-order valence-corrected chi connectivity index (χ1v) is 4.08. The first-order chi connectivity index (χ1) is 5.38. The highest BCUT2D eigenvalue weighted by Gasteiger charge is 2.16. The van der Waals surface area contributed by atoms with E-state index in [9.17, 15) is 4.39 Å². The molecule has 0 radical (unpaired) electrons. The van der Waals surface area contributed by atoms with E-state index in [1.807, 2.05) is 20.0 Å². The summed E-state index contributed by atoms with van der Waals surface area (Å²) in [5.74, 6) is 0. The summed E-state index contributed by atoms with van der Waals surface area (Å²) in [6.07, 6.45) is 1.87. The summed E-state index contributed by atoms with van der Waals surface area (Å²) in [4.78, 5) is 0. The van der Waals surface area contributed by atoms with Crippen molar-refractivity contribution in [1.29, 1.82) is 0 Å². The fourth-order valence-electron chi connectivity index (χ4n) is 1.08. The maximum absolute atomic E-state index is 13.2. The Morgan fingerprint density at radius 2 is 2.08 bits per heavy atom. The van der Waals surface area contributed by atoms with E-state index >= 15 is 0 Å². The lowest BCUT2D eigenvalue weighted by Crippen LogP contribution is -2.21. The molecule has 0 unspecified atom stereocenters. The highest BCUT2D eigenvalue weighted by atomic mass is 19.1. The Labute approximate surface area is 72.4 Å². The molecule has 0 saturated heterocycles. The van der Waals surface area contributed by atoms with E-state index in [-0.39, 0.29) is 0 Å². The smallest absolute Gasteiger partial charge is 0.124 e. The summed E-state index contributed by atoms with van der Waals surface area (Å²) in [7, 11) is 0. The number of aromatic nitrogens is 2. The van der Waals surface area contributed by atoms with Gasteiger partial charge in [0, 0.05) is 6.20 Å². The summed E-state index contributed by atoms with van der Waals surface area (Å²) in [5.41, 5.74) is 0.892. The fraction of sp³-hybridized carbons (Fsp3) is 0.667. The lowest BCUT2D eigenvalue weighted by atomic mass is 10.2. The molecule has 0 fully saturated rings. The summed E-state index contributed by atoms with van der Waals surface area (Å²) in [5, 5.41) is 4.17. The fourth-order valence-corrected chi connectivity index (χ4v) is 1.08. The predicted octanol–water partition coefficient (Wildman–Crippen LogP) is 2.25. The lowest BCUT2D eigenvalue weighted by Gasteiger charge is -2.13. The Kier molecular flexibility index (Phi) is 2.22. The van der Waals surface area contributed by atoms with E-state index < -0.39 is 5.67 Å². The van der Waals surface area contributed by atoms with Crippen LogP contribution in [0.2, 0.25) is 0 Å². The van der Waals surface area contributed by atoms with Crippen LogP contribution in [-0.4, -0.2) is 15.4 Å². The average Bonchev–Trinajstić information content (AvgIpc) is 2.07. The largest absolute Gasteiger partial charge is 0.269 e. The van der Waals surface area contributed by atoms with Gasteiger partial charge in [-0.3, -0.25) is 4.68 Å². The molecule has 1 aromatic rings. The average molecular weight is 170 g/mol. The van der Waals surface area contributed by atoms with Gasteiger partial charge in [0.15, 0.2) is 0 Å². The van der Waals surface area contributed by atoms with Crippen molar-refractivity contribution < 1.29 is 4.39 Å². The summed E-state index contributed by atoms with van der Waals surface area (Å²) in [6.45, 7) is 7.33. The van der Waals surface area contributed by atoms with Crippen molar-refractivity contribution in [3.05, 3.63) is 17.5 Å². The van der Waals surface area contributed by atoms with Gasteiger partial charge in [-0.25, -0.2) is 4.39 Å². The highest BCUT2D eigenvalue weighted by Crippen LogP contribution is 2.12. The van der Waals surface area contributed by atoms with Crippen molar-refractivity contribution in [3.8, 4) is 0 Å². The SMILES string of the molecule is Cc1cn(CC(C)(C)F)nc1C. The van der Waals surface area contributed by atoms with Crippen molar-refractivity contribution in [2.24, 2.45) is 0 Å². The van der Waals surface area contributed by atoms with E-state index in [2.05, 4.69) is 5.10 Å². The minimum atomic E-state index is -1.19. The van der Waals surface area contributed by atoms with Gasteiger partial charge in [-0.05, 0) is 33.3 Å².